The summed E-state index contributed by atoms with van der Waals surface area (Å²) in [5, 5.41) is 4.49. The Morgan fingerprint density at radius 2 is 1.89 bits per heavy atom. The normalized spacial score (nSPS) is 11.3. The standard InChI is InChI=1S/C10H4Br4N4/c11-9-5-1-4-8(10(12,13)14)16-6(5)2-3-7(9)17-18-15/h1-4H. The third kappa shape index (κ3) is 2.88. The number of pyridine rings is 1. The highest BCUT2D eigenvalue weighted by Gasteiger charge is 2.22. The summed E-state index contributed by atoms with van der Waals surface area (Å²) >= 11 is 13.7. The quantitative estimate of drug-likeness (QED) is 0.198. The fraction of sp³-hybridized carbons (Fsp3) is 0.100. The van der Waals surface area contributed by atoms with Crippen molar-refractivity contribution in [2.75, 3.05) is 0 Å². The lowest BCUT2D eigenvalue weighted by atomic mass is 10.2. The fourth-order valence-electron chi connectivity index (χ4n) is 1.44. The predicted molar refractivity (Wildman–Crippen MR) is 86.7 cm³/mol. The van der Waals surface area contributed by atoms with Crippen LogP contribution < -0.4 is 0 Å². The zero-order chi connectivity index (χ0) is 13.3. The van der Waals surface area contributed by atoms with E-state index in [0.717, 1.165) is 21.1 Å². The maximum atomic E-state index is 8.47. The van der Waals surface area contributed by atoms with Crippen LogP contribution in [0.4, 0.5) is 5.69 Å². The van der Waals surface area contributed by atoms with Crippen molar-refractivity contribution in [1.82, 2.24) is 4.98 Å². The molecule has 0 saturated carbocycles. The molecule has 0 aliphatic heterocycles. The molecule has 4 nitrogen and oxygen atoms in total. The summed E-state index contributed by atoms with van der Waals surface area (Å²) in [6, 6.07) is 7.32. The minimum atomic E-state index is -0.544. The van der Waals surface area contributed by atoms with Crippen LogP contribution in [0.5, 0.6) is 0 Å². The number of nitrogens with zero attached hydrogens (tertiary/aromatic N) is 4. The summed E-state index contributed by atoms with van der Waals surface area (Å²) in [5.74, 6) is 0. The van der Waals surface area contributed by atoms with Crippen molar-refractivity contribution in [3.8, 4) is 0 Å². The van der Waals surface area contributed by atoms with E-state index in [4.69, 9.17) is 5.53 Å². The molecule has 0 amide bonds. The van der Waals surface area contributed by atoms with E-state index >= 15 is 0 Å². The minimum absolute atomic E-state index is 0.544. The number of halogens is 4. The SMILES string of the molecule is [N-]=[N+]=Nc1ccc2nc(C(Br)(Br)Br)ccc2c1Br. The summed E-state index contributed by atoms with van der Waals surface area (Å²) in [4.78, 5) is 7.29. The van der Waals surface area contributed by atoms with E-state index in [-0.39, 0.29) is 0 Å². The number of benzene rings is 1. The van der Waals surface area contributed by atoms with Crippen LogP contribution in [0.1, 0.15) is 5.69 Å². The van der Waals surface area contributed by atoms with Crippen LogP contribution >= 0.6 is 63.7 Å². The average molecular weight is 500 g/mol. The number of rotatable bonds is 1. The Labute approximate surface area is 136 Å². The zero-order valence-corrected chi connectivity index (χ0v) is 15.0. The van der Waals surface area contributed by atoms with Crippen LogP contribution in [0.15, 0.2) is 33.9 Å². The van der Waals surface area contributed by atoms with E-state index in [2.05, 4.69) is 78.7 Å². The monoisotopic (exact) mass is 496 g/mol. The second-order valence-corrected chi connectivity index (χ2v) is 10.9. The van der Waals surface area contributed by atoms with Crippen LogP contribution in [0.3, 0.4) is 0 Å². The van der Waals surface area contributed by atoms with Crippen LogP contribution in [-0.4, -0.2) is 4.98 Å². The molecule has 8 heteroatoms. The molecular formula is C10H4Br4N4. The molecule has 0 N–H and O–H groups in total. The topological polar surface area (TPSA) is 61.7 Å². The Kier molecular flexibility index (Phi) is 4.33. The van der Waals surface area contributed by atoms with E-state index in [9.17, 15) is 0 Å². The zero-order valence-electron chi connectivity index (χ0n) is 8.61. The second kappa shape index (κ2) is 5.46. The summed E-state index contributed by atoms with van der Waals surface area (Å²) in [5.41, 5.74) is 10.6. The van der Waals surface area contributed by atoms with Gasteiger partial charge in [0.1, 0.15) is 0 Å². The molecule has 0 saturated heterocycles. The van der Waals surface area contributed by atoms with Crippen molar-refractivity contribution in [1.29, 1.82) is 0 Å². The largest absolute Gasteiger partial charge is 0.249 e. The summed E-state index contributed by atoms with van der Waals surface area (Å²) in [7, 11) is 0. The lowest BCUT2D eigenvalue weighted by Crippen LogP contribution is -2.01. The van der Waals surface area contributed by atoms with Gasteiger partial charge in [0.15, 0.2) is 2.14 Å². The van der Waals surface area contributed by atoms with E-state index in [1.807, 2.05) is 18.2 Å². The predicted octanol–water partition coefficient (Wildman–Crippen LogP) is 6.23. The van der Waals surface area contributed by atoms with Gasteiger partial charge in [-0.25, -0.2) is 4.98 Å². The molecule has 0 radical (unpaired) electrons. The van der Waals surface area contributed by atoms with E-state index in [1.165, 1.54) is 0 Å². The van der Waals surface area contributed by atoms with E-state index in [1.54, 1.807) is 6.07 Å². The van der Waals surface area contributed by atoms with Gasteiger partial charge in [0.05, 0.1) is 16.9 Å². The Balaban J connectivity index is 2.68. The van der Waals surface area contributed by atoms with Crippen LogP contribution in [0.2, 0.25) is 0 Å². The third-order valence-corrected chi connectivity index (χ3v) is 4.28. The fourth-order valence-corrected chi connectivity index (χ4v) is 2.65. The number of hydrogen-bond acceptors (Lipinski definition) is 2. The molecule has 0 aliphatic rings. The molecule has 2 aromatic rings. The molecule has 0 unspecified atom stereocenters. The number of azide groups is 1. The lowest BCUT2D eigenvalue weighted by molar-refractivity contribution is 1.19. The highest BCUT2D eigenvalue weighted by Crippen LogP contribution is 2.44. The van der Waals surface area contributed by atoms with Gasteiger partial charge in [0.2, 0.25) is 0 Å². The summed E-state index contributed by atoms with van der Waals surface area (Å²) in [6.45, 7) is 0. The van der Waals surface area contributed by atoms with Crippen molar-refractivity contribution in [3.05, 3.63) is 44.9 Å². The molecule has 0 spiro atoms. The molecule has 18 heavy (non-hydrogen) atoms. The first-order valence-electron chi connectivity index (χ1n) is 4.65. The van der Waals surface area contributed by atoms with E-state index < -0.39 is 2.14 Å². The van der Waals surface area contributed by atoms with Gasteiger partial charge in [-0.15, -0.1) is 0 Å². The maximum Gasteiger partial charge on any atom is 0.176 e. The van der Waals surface area contributed by atoms with E-state index in [0.29, 0.717) is 5.69 Å². The van der Waals surface area contributed by atoms with Gasteiger partial charge >= 0.3 is 0 Å². The first-order valence-corrected chi connectivity index (χ1v) is 7.82. The third-order valence-electron chi connectivity index (χ3n) is 2.23. The summed E-state index contributed by atoms with van der Waals surface area (Å²) in [6.07, 6.45) is 0. The summed E-state index contributed by atoms with van der Waals surface area (Å²) < 4.78 is 0.193. The van der Waals surface area contributed by atoms with Gasteiger partial charge in [-0.05, 0) is 45.7 Å². The molecule has 1 aromatic carbocycles. The van der Waals surface area contributed by atoms with Crippen LogP contribution in [-0.2, 0) is 2.14 Å². The number of alkyl halides is 3. The Hall–Kier alpha value is -0.140. The lowest BCUT2D eigenvalue weighted by Gasteiger charge is -2.12. The molecule has 1 aromatic heterocycles. The first kappa shape index (κ1) is 14.3. The van der Waals surface area contributed by atoms with Gasteiger partial charge in [-0.3, -0.25) is 0 Å². The van der Waals surface area contributed by atoms with Gasteiger partial charge in [-0.1, -0.05) is 52.9 Å². The maximum absolute atomic E-state index is 8.47. The number of fused-ring (bicyclic) bond motifs is 1. The van der Waals surface area contributed by atoms with Crippen molar-refractivity contribution in [3.63, 3.8) is 0 Å². The average Bonchev–Trinajstić information content (AvgIpc) is 2.31. The Morgan fingerprint density at radius 1 is 1.17 bits per heavy atom. The molecule has 2 rings (SSSR count). The molecule has 92 valence electrons. The van der Waals surface area contributed by atoms with Gasteiger partial charge in [0.25, 0.3) is 0 Å². The molecule has 0 bridgehead atoms. The molecular weight excluding hydrogens is 496 g/mol. The van der Waals surface area contributed by atoms with Crippen molar-refractivity contribution < 1.29 is 0 Å². The molecule has 1 heterocycles. The highest BCUT2D eigenvalue weighted by atomic mass is 80.0. The molecule has 0 atom stereocenters. The smallest absolute Gasteiger partial charge is 0.176 e. The highest BCUT2D eigenvalue weighted by molar-refractivity contribution is 9.38. The second-order valence-electron chi connectivity index (χ2n) is 3.35. The van der Waals surface area contributed by atoms with Crippen molar-refractivity contribution in [2.45, 2.75) is 2.14 Å². The van der Waals surface area contributed by atoms with Gasteiger partial charge in [-0.2, -0.15) is 0 Å². The van der Waals surface area contributed by atoms with Crippen molar-refractivity contribution >= 4 is 80.3 Å². The van der Waals surface area contributed by atoms with Crippen LogP contribution in [0, 0.1) is 0 Å². The molecule has 0 aliphatic carbocycles. The number of aromatic nitrogens is 1. The first-order chi connectivity index (χ1) is 8.43. The van der Waals surface area contributed by atoms with Crippen molar-refractivity contribution in [2.24, 2.45) is 5.11 Å². The number of hydrogen-bond donors (Lipinski definition) is 0. The Bertz CT molecular complexity index is 659. The van der Waals surface area contributed by atoms with Gasteiger partial charge < -0.3 is 0 Å². The van der Waals surface area contributed by atoms with Crippen LogP contribution in [0.25, 0.3) is 21.3 Å². The molecule has 0 fully saturated rings. The Morgan fingerprint density at radius 3 is 2.50 bits per heavy atom. The van der Waals surface area contributed by atoms with Gasteiger partial charge in [0, 0.05) is 14.8 Å². The minimum Gasteiger partial charge on any atom is -0.249 e.